The Bertz CT molecular complexity index is 558. The van der Waals surface area contributed by atoms with Gasteiger partial charge in [0.1, 0.15) is 0 Å². The molecule has 1 aromatic rings. The minimum absolute atomic E-state index is 0.00525. The van der Waals surface area contributed by atoms with Gasteiger partial charge in [0.25, 0.3) is 0 Å². The first kappa shape index (κ1) is 14.1. The molecule has 3 rings (SSSR count). The SMILES string of the molecule is CC(=O)c1cccc(NC(=O)N2CCN3CCCC3C2)c1. The lowest BCUT2D eigenvalue weighted by Crippen LogP contribution is -2.53. The summed E-state index contributed by atoms with van der Waals surface area (Å²) < 4.78 is 0. The molecule has 2 heterocycles. The minimum Gasteiger partial charge on any atom is -0.322 e. The summed E-state index contributed by atoms with van der Waals surface area (Å²) in [6, 6.07) is 7.55. The first-order valence-electron chi connectivity index (χ1n) is 7.54. The second-order valence-electron chi connectivity index (χ2n) is 5.85. The minimum atomic E-state index is -0.0674. The third kappa shape index (κ3) is 3.08. The molecule has 0 bridgehead atoms. The number of benzene rings is 1. The molecule has 2 amide bonds. The fourth-order valence-electron chi connectivity index (χ4n) is 3.19. The average molecular weight is 287 g/mol. The van der Waals surface area contributed by atoms with Crippen LogP contribution < -0.4 is 5.32 Å². The van der Waals surface area contributed by atoms with Gasteiger partial charge in [-0.05, 0) is 38.4 Å². The molecule has 112 valence electrons. The number of anilines is 1. The molecule has 2 aliphatic rings. The quantitative estimate of drug-likeness (QED) is 0.848. The fraction of sp³-hybridized carbons (Fsp3) is 0.500. The van der Waals surface area contributed by atoms with Gasteiger partial charge >= 0.3 is 6.03 Å². The molecule has 1 aromatic carbocycles. The largest absolute Gasteiger partial charge is 0.322 e. The van der Waals surface area contributed by atoms with E-state index in [1.165, 1.54) is 26.3 Å². The summed E-state index contributed by atoms with van der Waals surface area (Å²) in [4.78, 5) is 28.1. The van der Waals surface area contributed by atoms with E-state index in [1.807, 2.05) is 11.0 Å². The van der Waals surface area contributed by atoms with E-state index < -0.39 is 0 Å². The fourth-order valence-corrected chi connectivity index (χ4v) is 3.19. The van der Waals surface area contributed by atoms with Crippen LogP contribution in [0.1, 0.15) is 30.1 Å². The molecular weight excluding hydrogens is 266 g/mol. The molecule has 2 saturated heterocycles. The number of amides is 2. The highest BCUT2D eigenvalue weighted by Gasteiger charge is 2.32. The summed E-state index contributed by atoms with van der Waals surface area (Å²) in [5.41, 5.74) is 1.30. The van der Waals surface area contributed by atoms with Crippen molar-refractivity contribution in [3.63, 3.8) is 0 Å². The van der Waals surface area contributed by atoms with Crippen LogP contribution in [0.15, 0.2) is 24.3 Å². The summed E-state index contributed by atoms with van der Waals surface area (Å²) >= 11 is 0. The van der Waals surface area contributed by atoms with Gasteiger partial charge in [-0.15, -0.1) is 0 Å². The van der Waals surface area contributed by atoms with Crippen LogP contribution in [0.5, 0.6) is 0 Å². The third-order valence-corrected chi connectivity index (χ3v) is 4.39. The van der Waals surface area contributed by atoms with Crippen LogP contribution in [0.4, 0.5) is 10.5 Å². The predicted molar refractivity (Wildman–Crippen MR) is 81.6 cm³/mol. The highest BCUT2D eigenvalue weighted by molar-refractivity contribution is 5.96. The lowest BCUT2D eigenvalue weighted by molar-refractivity contribution is 0.101. The maximum absolute atomic E-state index is 12.3. The second kappa shape index (κ2) is 5.85. The van der Waals surface area contributed by atoms with Crippen LogP contribution in [0.2, 0.25) is 0 Å². The van der Waals surface area contributed by atoms with Crippen molar-refractivity contribution in [2.24, 2.45) is 0 Å². The zero-order valence-electron chi connectivity index (χ0n) is 12.3. The number of nitrogens with zero attached hydrogens (tertiary/aromatic N) is 2. The van der Waals surface area contributed by atoms with Gasteiger partial charge in [0.15, 0.2) is 5.78 Å². The Kier molecular flexibility index (Phi) is 3.92. The molecule has 1 N–H and O–H groups in total. The maximum atomic E-state index is 12.3. The number of carbonyl (C=O) groups excluding carboxylic acids is 2. The highest BCUT2D eigenvalue weighted by Crippen LogP contribution is 2.22. The number of rotatable bonds is 2. The van der Waals surface area contributed by atoms with Gasteiger partial charge in [-0.3, -0.25) is 9.69 Å². The van der Waals surface area contributed by atoms with E-state index in [2.05, 4.69) is 10.2 Å². The normalized spacial score (nSPS) is 22.0. The Morgan fingerprint density at radius 2 is 2.10 bits per heavy atom. The molecule has 0 saturated carbocycles. The van der Waals surface area contributed by atoms with Crippen LogP contribution >= 0.6 is 0 Å². The number of hydrogen-bond donors (Lipinski definition) is 1. The molecule has 0 radical (unpaired) electrons. The zero-order chi connectivity index (χ0) is 14.8. The predicted octanol–water partition coefficient (Wildman–Crippen LogP) is 2.20. The summed E-state index contributed by atoms with van der Waals surface area (Å²) in [7, 11) is 0. The monoisotopic (exact) mass is 287 g/mol. The van der Waals surface area contributed by atoms with Crippen molar-refractivity contribution in [1.82, 2.24) is 9.80 Å². The lowest BCUT2D eigenvalue weighted by Gasteiger charge is -2.37. The van der Waals surface area contributed by atoms with Gasteiger partial charge in [0.05, 0.1) is 0 Å². The smallest absolute Gasteiger partial charge is 0.321 e. The average Bonchev–Trinajstić information content (AvgIpc) is 2.94. The second-order valence-corrected chi connectivity index (χ2v) is 5.85. The molecular formula is C16H21N3O2. The van der Waals surface area contributed by atoms with Crippen LogP contribution in [0.25, 0.3) is 0 Å². The molecule has 1 atom stereocenters. The first-order valence-corrected chi connectivity index (χ1v) is 7.54. The molecule has 2 fully saturated rings. The molecule has 0 spiro atoms. The molecule has 5 heteroatoms. The van der Waals surface area contributed by atoms with E-state index in [9.17, 15) is 9.59 Å². The van der Waals surface area contributed by atoms with Gasteiger partial charge in [-0.2, -0.15) is 0 Å². The van der Waals surface area contributed by atoms with Gasteiger partial charge in [0, 0.05) is 36.9 Å². The number of hydrogen-bond acceptors (Lipinski definition) is 3. The Labute approximate surface area is 124 Å². The number of piperazine rings is 1. The Balaban J connectivity index is 1.63. The van der Waals surface area contributed by atoms with E-state index in [0.717, 1.165) is 19.6 Å². The Morgan fingerprint density at radius 3 is 2.90 bits per heavy atom. The van der Waals surface area contributed by atoms with Gasteiger partial charge < -0.3 is 10.2 Å². The summed E-state index contributed by atoms with van der Waals surface area (Å²) in [5, 5.41) is 2.90. The summed E-state index contributed by atoms with van der Waals surface area (Å²) in [6.07, 6.45) is 2.42. The number of nitrogens with one attached hydrogen (secondary N) is 1. The van der Waals surface area contributed by atoms with Crippen LogP contribution in [-0.2, 0) is 0 Å². The van der Waals surface area contributed by atoms with E-state index in [4.69, 9.17) is 0 Å². The van der Waals surface area contributed by atoms with Gasteiger partial charge in [-0.1, -0.05) is 12.1 Å². The Hall–Kier alpha value is -1.88. The van der Waals surface area contributed by atoms with Gasteiger partial charge in [-0.25, -0.2) is 4.79 Å². The number of urea groups is 1. The number of Topliss-reactive ketones (excluding diaryl/α,β-unsaturated/α-hetero) is 1. The standard InChI is InChI=1S/C16H21N3O2/c1-12(20)13-4-2-5-14(10-13)17-16(21)19-9-8-18-7-3-6-15(18)11-19/h2,4-5,10,15H,3,6-9,11H2,1H3,(H,17,21). The van der Waals surface area contributed by atoms with Gasteiger partial charge in [0.2, 0.25) is 0 Å². The molecule has 5 nitrogen and oxygen atoms in total. The van der Waals surface area contributed by atoms with Crippen molar-refractivity contribution in [3.8, 4) is 0 Å². The number of carbonyl (C=O) groups is 2. The zero-order valence-corrected chi connectivity index (χ0v) is 12.3. The molecule has 0 aromatic heterocycles. The summed E-state index contributed by atoms with van der Waals surface area (Å²) in [6.45, 7) is 5.24. The first-order chi connectivity index (χ1) is 10.1. The van der Waals surface area contributed by atoms with Crippen LogP contribution in [0.3, 0.4) is 0 Å². The number of ketones is 1. The maximum Gasteiger partial charge on any atom is 0.321 e. The third-order valence-electron chi connectivity index (χ3n) is 4.39. The van der Waals surface area contributed by atoms with Crippen molar-refractivity contribution in [2.75, 3.05) is 31.5 Å². The Morgan fingerprint density at radius 1 is 1.24 bits per heavy atom. The van der Waals surface area contributed by atoms with E-state index in [1.54, 1.807) is 18.2 Å². The number of fused-ring (bicyclic) bond motifs is 1. The topological polar surface area (TPSA) is 52.7 Å². The van der Waals surface area contributed by atoms with Crippen LogP contribution in [-0.4, -0.2) is 53.8 Å². The van der Waals surface area contributed by atoms with E-state index >= 15 is 0 Å². The van der Waals surface area contributed by atoms with E-state index in [-0.39, 0.29) is 11.8 Å². The lowest BCUT2D eigenvalue weighted by atomic mass is 10.1. The summed E-state index contributed by atoms with van der Waals surface area (Å²) in [5.74, 6) is 0.00525. The van der Waals surface area contributed by atoms with Crippen molar-refractivity contribution in [3.05, 3.63) is 29.8 Å². The van der Waals surface area contributed by atoms with E-state index in [0.29, 0.717) is 17.3 Å². The van der Waals surface area contributed by atoms with Crippen LogP contribution in [0, 0.1) is 0 Å². The molecule has 2 aliphatic heterocycles. The van der Waals surface area contributed by atoms with Crippen molar-refractivity contribution in [1.29, 1.82) is 0 Å². The molecule has 0 aliphatic carbocycles. The molecule has 21 heavy (non-hydrogen) atoms. The van der Waals surface area contributed by atoms with Crippen molar-refractivity contribution >= 4 is 17.5 Å². The molecule has 1 unspecified atom stereocenters. The highest BCUT2D eigenvalue weighted by atomic mass is 16.2. The van der Waals surface area contributed by atoms with Crippen molar-refractivity contribution < 1.29 is 9.59 Å². The van der Waals surface area contributed by atoms with Crippen molar-refractivity contribution in [2.45, 2.75) is 25.8 Å².